The third-order valence-corrected chi connectivity index (χ3v) is 5.59. The number of hydrogen-bond acceptors (Lipinski definition) is 3. The molecule has 4 rings (SSSR count). The van der Waals surface area contributed by atoms with E-state index in [0.29, 0.717) is 16.8 Å². The molecule has 1 amide bonds. The summed E-state index contributed by atoms with van der Waals surface area (Å²) in [6, 6.07) is 18.7. The van der Waals surface area contributed by atoms with Crippen LogP contribution in [0.3, 0.4) is 0 Å². The van der Waals surface area contributed by atoms with E-state index in [1.165, 1.54) is 29.2 Å². The smallest absolute Gasteiger partial charge is 0.300 e. The van der Waals surface area contributed by atoms with Crippen molar-refractivity contribution >= 4 is 39.1 Å². The van der Waals surface area contributed by atoms with Gasteiger partial charge in [-0.25, -0.2) is 4.39 Å². The molecular formula is C24H17BrFNO3. The molecule has 1 aliphatic heterocycles. The lowest BCUT2D eigenvalue weighted by Gasteiger charge is -2.25. The number of rotatable bonds is 3. The van der Waals surface area contributed by atoms with Gasteiger partial charge in [-0.05, 0) is 48.9 Å². The van der Waals surface area contributed by atoms with Crippen LogP contribution >= 0.6 is 15.9 Å². The maximum Gasteiger partial charge on any atom is 0.300 e. The third kappa shape index (κ3) is 3.55. The minimum absolute atomic E-state index is 0.00417. The number of Topliss-reactive ketones (excluding diaryl/α,β-unsaturated/α-hetero) is 1. The third-order valence-electron chi connectivity index (χ3n) is 5.06. The fourth-order valence-electron chi connectivity index (χ4n) is 3.53. The quantitative estimate of drug-likeness (QED) is 0.314. The highest BCUT2D eigenvalue weighted by atomic mass is 79.9. The predicted molar refractivity (Wildman–Crippen MR) is 117 cm³/mol. The highest BCUT2D eigenvalue weighted by molar-refractivity contribution is 9.10. The number of carbonyl (C=O) groups is 2. The van der Waals surface area contributed by atoms with Gasteiger partial charge in [-0.2, -0.15) is 0 Å². The highest BCUT2D eigenvalue weighted by Gasteiger charge is 2.46. The van der Waals surface area contributed by atoms with Gasteiger partial charge in [0.25, 0.3) is 11.7 Å². The molecule has 150 valence electrons. The van der Waals surface area contributed by atoms with E-state index in [1.807, 2.05) is 19.1 Å². The van der Waals surface area contributed by atoms with Crippen LogP contribution in [-0.4, -0.2) is 16.8 Å². The Labute approximate surface area is 181 Å². The number of carbonyl (C=O) groups excluding carboxylic acids is 2. The number of amides is 1. The summed E-state index contributed by atoms with van der Waals surface area (Å²) in [4.78, 5) is 27.3. The molecule has 0 aliphatic carbocycles. The van der Waals surface area contributed by atoms with Crippen LogP contribution in [0.25, 0.3) is 5.76 Å². The molecule has 0 unspecified atom stereocenters. The van der Waals surface area contributed by atoms with Crippen LogP contribution < -0.4 is 4.90 Å². The Hall–Kier alpha value is -3.25. The topological polar surface area (TPSA) is 57.6 Å². The van der Waals surface area contributed by atoms with E-state index in [1.54, 1.807) is 36.4 Å². The molecule has 3 aromatic rings. The number of aryl methyl sites for hydroxylation is 1. The monoisotopic (exact) mass is 465 g/mol. The molecule has 0 bridgehead atoms. The van der Waals surface area contributed by atoms with Crippen molar-refractivity contribution in [2.75, 3.05) is 4.90 Å². The average molecular weight is 466 g/mol. The predicted octanol–water partition coefficient (Wildman–Crippen LogP) is 5.52. The Kier molecular flexibility index (Phi) is 5.26. The summed E-state index contributed by atoms with van der Waals surface area (Å²) in [6.07, 6.45) is 0. The number of halogens is 2. The summed E-state index contributed by atoms with van der Waals surface area (Å²) in [5.41, 5.74) is 2.46. The Bertz CT molecular complexity index is 1150. The SMILES string of the molecule is Cc1ccc(C(O)=C2C(=O)C(=O)N(c3ccc(F)cc3)[C@@H]2c2ccc(Br)cc2)cc1. The van der Waals surface area contributed by atoms with Gasteiger partial charge in [-0.1, -0.05) is 57.9 Å². The molecule has 3 aromatic carbocycles. The normalized spacial score (nSPS) is 18.1. The van der Waals surface area contributed by atoms with Crippen LogP contribution in [0.15, 0.2) is 82.8 Å². The Morgan fingerprint density at radius 1 is 0.933 bits per heavy atom. The molecule has 1 aliphatic rings. The van der Waals surface area contributed by atoms with Crippen LogP contribution in [0.2, 0.25) is 0 Å². The molecule has 1 atom stereocenters. The Morgan fingerprint density at radius 2 is 1.53 bits per heavy atom. The van der Waals surface area contributed by atoms with E-state index in [9.17, 15) is 19.1 Å². The molecular weight excluding hydrogens is 449 g/mol. The molecule has 0 spiro atoms. The van der Waals surface area contributed by atoms with Crippen molar-refractivity contribution in [1.29, 1.82) is 0 Å². The summed E-state index contributed by atoms with van der Waals surface area (Å²) in [5, 5.41) is 11.0. The Balaban J connectivity index is 1.93. The van der Waals surface area contributed by atoms with Gasteiger partial charge < -0.3 is 5.11 Å². The molecule has 30 heavy (non-hydrogen) atoms. The van der Waals surface area contributed by atoms with Gasteiger partial charge in [0, 0.05) is 15.7 Å². The van der Waals surface area contributed by atoms with E-state index in [2.05, 4.69) is 15.9 Å². The standard InChI is InChI=1S/C24H17BrFNO3/c1-14-2-4-16(5-3-14)22(28)20-21(15-6-8-17(25)9-7-15)27(24(30)23(20)29)19-12-10-18(26)11-13-19/h2-13,21,28H,1H3/t21-/m1/s1. The molecule has 0 radical (unpaired) electrons. The van der Waals surface area contributed by atoms with Gasteiger partial charge in [-0.3, -0.25) is 14.5 Å². The van der Waals surface area contributed by atoms with E-state index in [0.717, 1.165) is 10.0 Å². The zero-order valence-electron chi connectivity index (χ0n) is 16.0. The molecule has 1 N–H and O–H groups in total. The van der Waals surface area contributed by atoms with Gasteiger partial charge in [0.05, 0.1) is 11.6 Å². The fourth-order valence-corrected chi connectivity index (χ4v) is 3.79. The molecule has 1 saturated heterocycles. The number of ketones is 1. The summed E-state index contributed by atoms with van der Waals surface area (Å²) in [6.45, 7) is 1.92. The highest BCUT2D eigenvalue weighted by Crippen LogP contribution is 2.42. The second-order valence-electron chi connectivity index (χ2n) is 7.06. The van der Waals surface area contributed by atoms with Gasteiger partial charge in [0.1, 0.15) is 11.6 Å². The summed E-state index contributed by atoms with van der Waals surface area (Å²) < 4.78 is 14.3. The number of benzene rings is 3. The molecule has 0 saturated carbocycles. The minimum atomic E-state index is -0.843. The van der Waals surface area contributed by atoms with Crippen molar-refractivity contribution in [3.05, 3.63) is 105 Å². The first-order chi connectivity index (χ1) is 14.4. The number of aliphatic hydroxyl groups excluding tert-OH is 1. The van der Waals surface area contributed by atoms with Gasteiger partial charge in [0.15, 0.2) is 0 Å². The lowest BCUT2D eigenvalue weighted by atomic mass is 9.95. The van der Waals surface area contributed by atoms with E-state index >= 15 is 0 Å². The van der Waals surface area contributed by atoms with Crippen LogP contribution in [0.4, 0.5) is 10.1 Å². The summed E-state index contributed by atoms with van der Waals surface area (Å²) >= 11 is 3.38. The zero-order chi connectivity index (χ0) is 21.4. The van der Waals surface area contributed by atoms with Crippen LogP contribution in [0.5, 0.6) is 0 Å². The molecule has 1 heterocycles. The van der Waals surface area contributed by atoms with Crippen molar-refractivity contribution in [2.24, 2.45) is 0 Å². The molecule has 4 nitrogen and oxygen atoms in total. The second-order valence-corrected chi connectivity index (χ2v) is 7.98. The largest absolute Gasteiger partial charge is 0.507 e. The molecule has 1 fully saturated rings. The summed E-state index contributed by atoms with van der Waals surface area (Å²) in [7, 11) is 0. The first-order valence-corrected chi connectivity index (χ1v) is 10.0. The number of hydrogen-bond donors (Lipinski definition) is 1. The van der Waals surface area contributed by atoms with Crippen LogP contribution in [-0.2, 0) is 9.59 Å². The van der Waals surface area contributed by atoms with Crippen LogP contribution in [0, 0.1) is 12.7 Å². The van der Waals surface area contributed by atoms with Gasteiger partial charge in [-0.15, -0.1) is 0 Å². The maximum atomic E-state index is 13.4. The number of anilines is 1. The minimum Gasteiger partial charge on any atom is -0.507 e. The van der Waals surface area contributed by atoms with E-state index < -0.39 is 23.5 Å². The number of aliphatic hydroxyl groups is 1. The Morgan fingerprint density at radius 3 is 2.13 bits per heavy atom. The number of nitrogens with zero attached hydrogens (tertiary/aromatic N) is 1. The average Bonchev–Trinajstić information content (AvgIpc) is 3.00. The van der Waals surface area contributed by atoms with Gasteiger partial charge in [0.2, 0.25) is 0 Å². The van der Waals surface area contributed by atoms with Crippen LogP contribution in [0.1, 0.15) is 22.7 Å². The van der Waals surface area contributed by atoms with Crippen molar-refractivity contribution < 1.29 is 19.1 Å². The van der Waals surface area contributed by atoms with Crippen molar-refractivity contribution in [1.82, 2.24) is 0 Å². The summed E-state index contributed by atoms with van der Waals surface area (Å²) in [5.74, 6) is -2.26. The lowest BCUT2D eigenvalue weighted by molar-refractivity contribution is -0.132. The molecule has 0 aromatic heterocycles. The van der Waals surface area contributed by atoms with E-state index in [-0.39, 0.29) is 11.3 Å². The lowest BCUT2D eigenvalue weighted by Crippen LogP contribution is -2.29. The second kappa shape index (κ2) is 7.88. The first kappa shape index (κ1) is 20.0. The first-order valence-electron chi connectivity index (χ1n) is 9.26. The van der Waals surface area contributed by atoms with Crippen molar-refractivity contribution in [3.63, 3.8) is 0 Å². The van der Waals surface area contributed by atoms with Crippen molar-refractivity contribution in [3.8, 4) is 0 Å². The zero-order valence-corrected chi connectivity index (χ0v) is 17.6. The van der Waals surface area contributed by atoms with E-state index in [4.69, 9.17) is 0 Å². The molecule has 6 heteroatoms. The van der Waals surface area contributed by atoms with Gasteiger partial charge >= 0.3 is 0 Å². The maximum absolute atomic E-state index is 13.4. The van der Waals surface area contributed by atoms with Crippen molar-refractivity contribution in [2.45, 2.75) is 13.0 Å². The fraction of sp³-hybridized carbons (Fsp3) is 0.0833.